The predicted octanol–water partition coefficient (Wildman–Crippen LogP) is 0.891. The van der Waals surface area contributed by atoms with Crippen LogP contribution in [0.3, 0.4) is 0 Å². The lowest BCUT2D eigenvalue weighted by molar-refractivity contribution is -0.142. The SMILES string of the molecule is CC.CC(=O)OCc1ccc(NC(=O)CNC(=O)C(NC(=O)CCOCCOCCNC(=O)CCN2C(=O)C=CC2=O)C(C)C)cc1.CCCNC(N)=O. The Morgan fingerprint density at radius 1 is 0.778 bits per heavy atom. The van der Waals surface area contributed by atoms with Crippen LogP contribution in [0, 0.1) is 5.92 Å². The molecule has 0 aliphatic carbocycles. The minimum absolute atomic E-state index is 0.00385. The Morgan fingerprint density at radius 3 is 1.93 bits per heavy atom. The third-order valence-electron chi connectivity index (χ3n) is 6.79. The van der Waals surface area contributed by atoms with Gasteiger partial charge in [0.05, 0.1) is 33.0 Å². The number of nitrogens with two attached hydrogens (primary N) is 1. The smallest absolute Gasteiger partial charge is 0.312 e. The molecule has 7 N–H and O–H groups in total. The van der Waals surface area contributed by atoms with Crippen LogP contribution in [0.25, 0.3) is 0 Å². The number of hydrogen-bond acceptors (Lipinski definition) is 11. The first-order chi connectivity index (χ1) is 25.7. The lowest BCUT2D eigenvalue weighted by Crippen LogP contribution is -2.51. The molecule has 2 rings (SSSR count). The van der Waals surface area contributed by atoms with Crippen LogP contribution in [0.4, 0.5) is 10.5 Å². The first kappa shape index (κ1) is 48.6. The number of amides is 8. The Bertz CT molecular complexity index is 1370. The Balaban J connectivity index is 0.00000279. The number of nitrogens with zero attached hydrogens (tertiary/aromatic N) is 1. The van der Waals surface area contributed by atoms with E-state index < -0.39 is 41.7 Å². The van der Waals surface area contributed by atoms with E-state index >= 15 is 0 Å². The number of nitrogens with one attached hydrogen (secondary N) is 5. The number of rotatable bonds is 22. The molecule has 302 valence electrons. The molecule has 1 heterocycles. The molecular weight excluding hydrogens is 706 g/mol. The number of benzene rings is 1. The van der Waals surface area contributed by atoms with Gasteiger partial charge in [-0.05, 0) is 30.0 Å². The molecule has 0 saturated heterocycles. The number of ether oxygens (including phenoxy) is 3. The summed E-state index contributed by atoms with van der Waals surface area (Å²) in [6.07, 6.45) is 3.27. The fraction of sp³-hybridized carbons (Fsp3) is 0.556. The first-order valence-electron chi connectivity index (χ1n) is 17.8. The summed E-state index contributed by atoms with van der Waals surface area (Å²) in [7, 11) is 0. The molecule has 8 amide bonds. The number of esters is 1. The topological polar surface area (TPSA) is 254 Å². The highest BCUT2D eigenvalue weighted by Crippen LogP contribution is 2.11. The van der Waals surface area contributed by atoms with E-state index in [0.717, 1.165) is 29.0 Å². The van der Waals surface area contributed by atoms with Gasteiger partial charge in [0.2, 0.25) is 23.6 Å². The lowest BCUT2D eigenvalue weighted by Gasteiger charge is -2.21. The second kappa shape index (κ2) is 29.1. The van der Waals surface area contributed by atoms with Crippen LogP contribution in [-0.4, -0.2) is 111 Å². The van der Waals surface area contributed by atoms with Gasteiger partial charge in [0.15, 0.2) is 0 Å². The molecule has 18 nitrogen and oxygen atoms in total. The molecule has 0 aromatic heterocycles. The summed E-state index contributed by atoms with van der Waals surface area (Å²) in [6, 6.07) is 5.41. The molecule has 1 aromatic carbocycles. The summed E-state index contributed by atoms with van der Waals surface area (Å²) in [5, 5.41) is 12.9. The normalized spacial score (nSPS) is 12.0. The maximum Gasteiger partial charge on any atom is 0.312 e. The molecular formula is C36H57N7O11. The zero-order chi connectivity index (χ0) is 40.9. The molecule has 0 spiro atoms. The average Bonchev–Trinajstić information content (AvgIpc) is 3.46. The van der Waals surface area contributed by atoms with Crippen molar-refractivity contribution in [3.63, 3.8) is 0 Å². The van der Waals surface area contributed by atoms with E-state index in [-0.39, 0.29) is 83.2 Å². The monoisotopic (exact) mass is 763 g/mol. The maximum absolute atomic E-state index is 12.7. The lowest BCUT2D eigenvalue weighted by atomic mass is 10.0. The van der Waals surface area contributed by atoms with Crippen LogP contribution in [0.15, 0.2) is 36.4 Å². The van der Waals surface area contributed by atoms with Gasteiger partial charge >= 0.3 is 12.0 Å². The molecule has 54 heavy (non-hydrogen) atoms. The largest absolute Gasteiger partial charge is 0.461 e. The highest BCUT2D eigenvalue weighted by atomic mass is 16.5. The van der Waals surface area contributed by atoms with Crippen molar-refractivity contribution in [2.45, 2.75) is 73.5 Å². The molecule has 1 unspecified atom stereocenters. The van der Waals surface area contributed by atoms with Crippen molar-refractivity contribution >= 4 is 53.1 Å². The number of primary amides is 1. The van der Waals surface area contributed by atoms with E-state index in [1.807, 2.05) is 20.8 Å². The van der Waals surface area contributed by atoms with Crippen molar-refractivity contribution < 1.29 is 52.6 Å². The summed E-state index contributed by atoms with van der Waals surface area (Å²) in [5.41, 5.74) is 5.99. The number of hydrogen-bond donors (Lipinski definition) is 6. The summed E-state index contributed by atoms with van der Waals surface area (Å²) < 4.78 is 15.7. The second-order valence-corrected chi connectivity index (χ2v) is 11.6. The molecule has 1 aromatic rings. The average molecular weight is 764 g/mol. The summed E-state index contributed by atoms with van der Waals surface area (Å²) >= 11 is 0. The summed E-state index contributed by atoms with van der Waals surface area (Å²) in [4.78, 5) is 93.8. The molecule has 1 atom stereocenters. The van der Waals surface area contributed by atoms with Crippen molar-refractivity contribution in [2.75, 3.05) is 57.9 Å². The Morgan fingerprint density at radius 2 is 1.39 bits per heavy atom. The summed E-state index contributed by atoms with van der Waals surface area (Å²) in [5.74, 6) is -3.15. The van der Waals surface area contributed by atoms with E-state index in [4.69, 9.17) is 19.9 Å². The molecule has 0 bridgehead atoms. The van der Waals surface area contributed by atoms with Crippen LogP contribution in [-0.2, 0) is 54.4 Å². The molecule has 18 heteroatoms. The fourth-order valence-corrected chi connectivity index (χ4v) is 4.08. The zero-order valence-electron chi connectivity index (χ0n) is 32.1. The third kappa shape index (κ3) is 23.3. The van der Waals surface area contributed by atoms with Crippen molar-refractivity contribution in [1.29, 1.82) is 0 Å². The zero-order valence-corrected chi connectivity index (χ0v) is 32.1. The van der Waals surface area contributed by atoms with Gasteiger partial charge in [-0.15, -0.1) is 0 Å². The third-order valence-corrected chi connectivity index (χ3v) is 6.79. The molecule has 0 saturated carbocycles. The number of imide groups is 1. The highest BCUT2D eigenvalue weighted by molar-refractivity contribution is 6.13. The van der Waals surface area contributed by atoms with Crippen molar-refractivity contribution in [2.24, 2.45) is 11.7 Å². The number of carbonyl (C=O) groups is 8. The predicted molar refractivity (Wildman–Crippen MR) is 199 cm³/mol. The van der Waals surface area contributed by atoms with Gasteiger partial charge in [-0.3, -0.25) is 38.5 Å². The van der Waals surface area contributed by atoms with Crippen LogP contribution in [0.1, 0.15) is 66.4 Å². The van der Waals surface area contributed by atoms with Gasteiger partial charge in [-0.1, -0.05) is 46.8 Å². The number of anilines is 1. The van der Waals surface area contributed by atoms with Gasteiger partial charge in [-0.25, -0.2) is 4.79 Å². The molecule has 1 aliphatic heterocycles. The standard InChI is InChI=1S/C30H41N5O10.C4H10N2O.C2H6/c1-20(2)29(30(42)32-18-26(39)33-23-6-4-22(5-7-23)19-45-21(3)36)34-25(38)11-14-43-16-17-44-15-12-31-24(37)10-13-35-27(40)8-9-28(35)41;1-2-3-6-4(5)7;1-2/h4-9,20,29H,10-19H2,1-3H3,(H,31,37)(H,32,42)(H,33,39)(H,34,38);2-3H2,1H3,(H3,5,6,7);1-2H3. The Labute approximate surface area is 316 Å². The van der Waals surface area contributed by atoms with Crippen molar-refractivity contribution in [3.05, 3.63) is 42.0 Å². The number of carbonyl (C=O) groups excluding carboxylic acids is 8. The van der Waals surface area contributed by atoms with Gasteiger partial charge < -0.3 is 46.5 Å². The minimum atomic E-state index is -0.850. The molecule has 0 radical (unpaired) electrons. The first-order valence-corrected chi connectivity index (χ1v) is 17.8. The summed E-state index contributed by atoms with van der Waals surface area (Å²) in [6.45, 7) is 12.4. The Kier molecular flexibility index (Phi) is 26.2. The van der Waals surface area contributed by atoms with Crippen LogP contribution in [0.2, 0.25) is 0 Å². The highest BCUT2D eigenvalue weighted by Gasteiger charge is 2.25. The van der Waals surface area contributed by atoms with Gasteiger partial charge in [0.1, 0.15) is 12.6 Å². The van der Waals surface area contributed by atoms with Gasteiger partial charge in [0, 0.05) is 57.2 Å². The van der Waals surface area contributed by atoms with E-state index in [1.54, 1.807) is 38.1 Å². The minimum Gasteiger partial charge on any atom is -0.461 e. The second-order valence-electron chi connectivity index (χ2n) is 11.6. The maximum atomic E-state index is 12.7. The molecule has 0 fully saturated rings. The van der Waals surface area contributed by atoms with Crippen molar-refractivity contribution in [3.8, 4) is 0 Å². The number of urea groups is 1. The van der Waals surface area contributed by atoms with E-state index in [9.17, 15) is 38.4 Å². The Hall–Kier alpha value is -5.36. The van der Waals surface area contributed by atoms with Crippen molar-refractivity contribution in [1.82, 2.24) is 26.2 Å². The van der Waals surface area contributed by atoms with Crippen LogP contribution >= 0.6 is 0 Å². The van der Waals surface area contributed by atoms with E-state index in [2.05, 4.69) is 26.6 Å². The van der Waals surface area contributed by atoms with E-state index in [0.29, 0.717) is 12.2 Å². The quantitative estimate of drug-likeness (QED) is 0.0550. The van der Waals surface area contributed by atoms with Crippen LogP contribution in [0.5, 0.6) is 0 Å². The van der Waals surface area contributed by atoms with Crippen LogP contribution < -0.4 is 32.3 Å². The van der Waals surface area contributed by atoms with Gasteiger partial charge in [0.25, 0.3) is 11.8 Å². The van der Waals surface area contributed by atoms with Gasteiger partial charge in [-0.2, -0.15) is 0 Å². The fourth-order valence-electron chi connectivity index (χ4n) is 4.08. The van der Waals surface area contributed by atoms with E-state index in [1.165, 1.54) is 6.92 Å². The molecule has 1 aliphatic rings.